The van der Waals surface area contributed by atoms with Gasteiger partial charge in [-0.1, -0.05) is 268 Å². The van der Waals surface area contributed by atoms with E-state index in [1.807, 2.05) is 6.08 Å². The van der Waals surface area contributed by atoms with Crippen LogP contribution in [0.25, 0.3) is 0 Å². The van der Waals surface area contributed by atoms with Gasteiger partial charge in [0, 0.05) is 12.8 Å². The first-order chi connectivity index (χ1) is 34.5. The number of carbonyl (C=O) groups is 2. The van der Waals surface area contributed by atoms with Crippen molar-refractivity contribution >= 4 is 11.9 Å². The zero-order valence-electron chi connectivity index (χ0n) is 46.7. The summed E-state index contributed by atoms with van der Waals surface area (Å²) in [5.74, 6) is -0.110. The van der Waals surface area contributed by atoms with E-state index in [1.54, 1.807) is 6.08 Å². The smallest absolute Gasteiger partial charge is 0.305 e. The molecule has 2 atom stereocenters. The van der Waals surface area contributed by atoms with Gasteiger partial charge in [0.15, 0.2) is 0 Å². The molecule has 0 aromatic heterocycles. The van der Waals surface area contributed by atoms with Crippen molar-refractivity contribution in [2.75, 3.05) is 13.2 Å². The van der Waals surface area contributed by atoms with E-state index in [9.17, 15) is 19.8 Å². The molecule has 2 unspecified atom stereocenters. The number of aliphatic hydroxyl groups is 2. The van der Waals surface area contributed by atoms with Crippen LogP contribution in [-0.2, 0) is 14.3 Å². The average Bonchev–Trinajstić information content (AvgIpc) is 3.36. The van der Waals surface area contributed by atoms with Crippen molar-refractivity contribution in [1.29, 1.82) is 0 Å². The van der Waals surface area contributed by atoms with E-state index in [-0.39, 0.29) is 18.5 Å². The van der Waals surface area contributed by atoms with Crippen molar-refractivity contribution in [2.45, 2.75) is 334 Å². The van der Waals surface area contributed by atoms with Crippen LogP contribution in [0.1, 0.15) is 322 Å². The average molecular weight is 983 g/mol. The number of ether oxygens (including phenoxy) is 1. The minimum Gasteiger partial charge on any atom is -0.466 e. The maximum atomic E-state index is 12.5. The molecule has 6 nitrogen and oxygen atoms in total. The molecule has 0 aromatic carbocycles. The lowest BCUT2D eigenvalue weighted by atomic mass is 10.0. The molecule has 3 N–H and O–H groups in total. The Labute approximate surface area is 436 Å². The van der Waals surface area contributed by atoms with Gasteiger partial charge in [-0.05, 0) is 89.9 Å². The summed E-state index contributed by atoms with van der Waals surface area (Å²) < 4.78 is 5.43. The predicted molar refractivity (Wildman–Crippen MR) is 306 cm³/mol. The summed E-state index contributed by atoms with van der Waals surface area (Å²) in [6.45, 7) is 4.83. The number of nitrogens with one attached hydrogen (secondary N) is 1. The van der Waals surface area contributed by atoms with Crippen molar-refractivity contribution in [2.24, 2.45) is 0 Å². The molecule has 70 heavy (non-hydrogen) atoms. The Bertz CT molecular complexity index is 1180. The van der Waals surface area contributed by atoms with Gasteiger partial charge in [0.25, 0.3) is 0 Å². The Morgan fingerprint density at radius 2 is 0.729 bits per heavy atom. The Hall–Kier alpha value is -2.18. The molecule has 0 spiro atoms. The fraction of sp³-hybridized carbons (Fsp3) is 0.844. The van der Waals surface area contributed by atoms with Gasteiger partial charge in [0.2, 0.25) is 5.91 Å². The molecule has 0 heterocycles. The molecule has 0 fully saturated rings. The second-order valence-corrected chi connectivity index (χ2v) is 21.0. The molecule has 0 saturated carbocycles. The minimum absolute atomic E-state index is 0.0276. The second kappa shape index (κ2) is 59.4. The summed E-state index contributed by atoms with van der Waals surface area (Å²) in [4.78, 5) is 24.5. The van der Waals surface area contributed by atoms with Crippen molar-refractivity contribution in [3.8, 4) is 0 Å². The van der Waals surface area contributed by atoms with Crippen LogP contribution in [0.3, 0.4) is 0 Å². The third-order valence-corrected chi connectivity index (χ3v) is 14.1. The number of allylic oxidation sites excluding steroid dienone is 7. The van der Waals surface area contributed by atoms with Gasteiger partial charge in [0.1, 0.15) is 0 Å². The van der Waals surface area contributed by atoms with Crippen LogP contribution >= 0.6 is 0 Å². The molecule has 0 bridgehead atoms. The zero-order valence-corrected chi connectivity index (χ0v) is 46.7. The molecular weight excluding hydrogens is 863 g/mol. The van der Waals surface area contributed by atoms with Crippen LogP contribution in [-0.4, -0.2) is 47.4 Å². The van der Waals surface area contributed by atoms with Crippen molar-refractivity contribution in [3.05, 3.63) is 48.6 Å². The van der Waals surface area contributed by atoms with Crippen LogP contribution in [0.5, 0.6) is 0 Å². The summed E-state index contributed by atoms with van der Waals surface area (Å²) >= 11 is 0. The van der Waals surface area contributed by atoms with Gasteiger partial charge in [-0.25, -0.2) is 0 Å². The van der Waals surface area contributed by atoms with Gasteiger partial charge in [-0.15, -0.1) is 0 Å². The largest absolute Gasteiger partial charge is 0.466 e. The summed E-state index contributed by atoms with van der Waals surface area (Å²) in [6, 6.07) is -0.642. The van der Waals surface area contributed by atoms with E-state index < -0.39 is 12.1 Å². The number of hydrogen-bond donors (Lipinski definition) is 3. The van der Waals surface area contributed by atoms with Crippen LogP contribution in [0.2, 0.25) is 0 Å². The molecule has 0 radical (unpaired) electrons. The van der Waals surface area contributed by atoms with Crippen LogP contribution < -0.4 is 5.32 Å². The minimum atomic E-state index is -0.857. The van der Waals surface area contributed by atoms with E-state index in [1.165, 1.54) is 212 Å². The summed E-state index contributed by atoms with van der Waals surface area (Å²) in [5.41, 5.74) is 0. The SMILES string of the molecule is CCCC/C=C\CCCCCCCC(=O)OCCCCC/C=C\C/C=C\CCCCCCCCCC(=O)NC(CO)C(O)/C=C/CCCCCCCCCCCCCCCCCCCCCCCCC. The Balaban J connectivity index is 3.53. The second-order valence-electron chi connectivity index (χ2n) is 21.0. The maximum Gasteiger partial charge on any atom is 0.305 e. The van der Waals surface area contributed by atoms with E-state index >= 15 is 0 Å². The number of aliphatic hydroxyl groups excluding tert-OH is 2. The van der Waals surface area contributed by atoms with E-state index in [2.05, 4.69) is 55.6 Å². The number of rotatable bonds is 57. The number of unbranched alkanes of at least 4 members (excludes halogenated alkanes) is 40. The molecule has 0 rings (SSSR count). The summed E-state index contributed by atoms with van der Waals surface area (Å²) in [7, 11) is 0. The first-order valence-corrected chi connectivity index (χ1v) is 30.9. The lowest BCUT2D eigenvalue weighted by molar-refractivity contribution is -0.143. The molecule has 0 aliphatic heterocycles. The first kappa shape index (κ1) is 67.8. The van der Waals surface area contributed by atoms with Crippen molar-refractivity contribution in [3.63, 3.8) is 0 Å². The van der Waals surface area contributed by atoms with Crippen LogP contribution in [0.4, 0.5) is 0 Å². The monoisotopic (exact) mass is 982 g/mol. The van der Waals surface area contributed by atoms with Crippen molar-refractivity contribution < 1.29 is 24.5 Å². The Kier molecular flexibility index (Phi) is 57.5. The molecule has 0 aliphatic carbocycles. The Morgan fingerprint density at radius 3 is 1.14 bits per heavy atom. The van der Waals surface area contributed by atoms with Gasteiger partial charge in [-0.3, -0.25) is 9.59 Å². The fourth-order valence-electron chi connectivity index (χ4n) is 9.29. The quantitative estimate of drug-likeness (QED) is 0.0321. The maximum absolute atomic E-state index is 12.5. The van der Waals surface area contributed by atoms with Gasteiger partial charge in [-0.2, -0.15) is 0 Å². The zero-order chi connectivity index (χ0) is 50.7. The number of amides is 1. The third kappa shape index (κ3) is 55.1. The van der Waals surface area contributed by atoms with Gasteiger partial charge in [0.05, 0.1) is 25.4 Å². The molecule has 6 heteroatoms. The van der Waals surface area contributed by atoms with E-state index in [4.69, 9.17) is 4.74 Å². The highest BCUT2D eigenvalue weighted by atomic mass is 16.5. The molecule has 410 valence electrons. The molecule has 1 amide bonds. The molecule has 0 aliphatic rings. The van der Waals surface area contributed by atoms with E-state index in [0.717, 1.165) is 83.5 Å². The van der Waals surface area contributed by atoms with Crippen LogP contribution in [0.15, 0.2) is 48.6 Å². The normalized spacial score (nSPS) is 12.9. The van der Waals surface area contributed by atoms with Crippen LogP contribution in [0, 0.1) is 0 Å². The highest BCUT2D eigenvalue weighted by Gasteiger charge is 2.18. The highest BCUT2D eigenvalue weighted by Crippen LogP contribution is 2.17. The Morgan fingerprint density at radius 1 is 0.400 bits per heavy atom. The fourth-order valence-corrected chi connectivity index (χ4v) is 9.29. The van der Waals surface area contributed by atoms with Crippen molar-refractivity contribution in [1.82, 2.24) is 5.32 Å². The summed E-state index contributed by atoms with van der Waals surface area (Å²) in [5, 5.41) is 23.2. The lowest BCUT2D eigenvalue weighted by Gasteiger charge is -2.20. The van der Waals surface area contributed by atoms with Gasteiger partial charge >= 0.3 is 5.97 Å². The molecular formula is C64H119NO5. The molecule has 0 saturated heterocycles. The third-order valence-electron chi connectivity index (χ3n) is 14.1. The first-order valence-electron chi connectivity index (χ1n) is 30.9. The number of carbonyl (C=O) groups excluding carboxylic acids is 2. The molecule has 0 aromatic rings. The summed E-state index contributed by atoms with van der Waals surface area (Å²) in [6.07, 6.45) is 75.8. The highest BCUT2D eigenvalue weighted by molar-refractivity contribution is 5.76. The lowest BCUT2D eigenvalue weighted by Crippen LogP contribution is -2.45. The predicted octanol–water partition coefficient (Wildman–Crippen LogP) is 19.4. The number of hydrogen-bond acceptors (Lipinski definition) is 5. The van der Waals surface area contributed by atoms with Gasteiger partial charge < -0.3 is 20.3 Å². The van der Waals surface area contributed by atoms with E-state index in [0.29, 0.717) is 19.4 Å². The topological polar surface area (TPSA) is 95.9 Å². The standard InChI is InChI=1S/C64H119NO5/c1-3-5-7-9-11-13-15-16-17-18-19-20-21-22-23-24-25-27-30-33-37-40-44-48-52-56-62(67)61(60-66)65-63(68)57-53-49-45-41-38-34-31-28-26-29-32-35-39-43-47-51-55-59-70-64(69)58-54-50-46-42-36-14-12-10-8-6-4-2/h10,12,26,29,35,39,52,56,61-62,66-67H,3-9,11,13-25,27-28,30-34,36-38,40-51,53-55,57-60H2,1-2H3,(H,65,68)/b12-10-,29-26-,39-35-,56-52+. The number of esters is 1.